The Hall–Kier alpha value is -2.29. The Bertz CT molecular complexity index is 1290. The zero-order valence-corrected chi connectivity index (χ0v) is 24.5. The third-order valence-corrected chi connectivity index (χ3v) is 17.1. The van der Waals surface area contributed by atoms with Gasteiger partial charge in [0.1, 0.15) is 5.75 Å². The molecule has 0 radical (unpaired) electrons. The maximum Gasteiger partial charge on any atom is 0.243 e. The minimum Gasteiger partial charge on any atom is -0.508 e. The molecule has 4 rings (SSSR count). The van der Waals surface area contributed by atoms with Gasteiger partial charge in [-0.3, -0.25) is 0 Å². The molecule has 1 fully saturated rings. The SMILES string of the molecule is CC(C)[Si](C(C)C)(C(C)C)n1ccc2cc(S(=O)(=O)N3CC[C@H](N(C)c4ccc(O)cc4)C3)ccc21. The van der Waals surface area contributed by atoms with E-state index in [1.54, 1.807) is 22.5 Å². The highest BCUT2D eigenvalue weighted by Crippen LogP contribution is 2.44. The molecule has 3 aromatic rings. The number of nitrogens with zero attached hydrogens (tertiary/aromatic N) is 3. The first-order chi connectivity index (χ1) is 16.9. The summed E-state index contributed by atoms with van der Waals surface area (Å²) >= 11 is 0. The van der Waals surface area contributed by atoms with Crippen molar-refractivity contribution >= 4 is 34.8 Å². The molecular formula is C28H41N3O3SSi. The van der Waals surface area contributed by atoms with Gasteiger partial charge in [-0.15, -0.1) is 0 Å². The summed E-state index contributed by atoms with van der Waals surface area (Å²) in [6, 6.07) is 14.9. The van der Waals surface area contributed by atoms with Crippen LogP contribution in [0.2, 0.25) is 16.6 Å². The average Bonchev–Trinajstić information content (AvgIpc) is 3.47. The molecule has 2 heterocycles. The first-order valence-electron chi connectivity index (χ1n) is 13.0. The zero-order chi connectivity index (χ0) is 26.4. The summed E-state index contributed by atoms with van der Waals surface area (Å²) < 4.78 is 31.4. The summed E-state index contributed by atoms with van der Waals surface area (Å²) in [5.74, 6) is 0.224. The normalized spacial score (nSPS) is 17.7. The van der Waals surface area contributed by atoms with Crippen LogP contribution in [0.4, 0.5) is 5.69 Å². The average molecular weight is 528 g/mol. The second kappa shape index (κ2) is 9.87. The van der Waals surface area contributed by atoms with Crippen LogP contribution in [0.1, 0.15) is 48.0 Å². The Labute approximate surface area is 217 Å². The van der Waals surface area contributed by atoms with Gasteiger partial charge in [0.15, 0.2) is 8.24 Å². The predicted molar refractivity (Wildman–Crippen MR) is 152 cm³/mol. The molecule has 0 aliphatic carbocycles. The highest BCUT2D eigenvalue weighted by atomic mass is 32.2. The molecule has 1 aromatic heterocycles. The second-order valence-electron chi connectivity index (χ2n) is 11.2. The molecule has 1 N–H and O–H groups in total. The molecule has 1 saturated heterocycles. The molecule has 196 valence electrons. The lowest BCUT2D eigenvalue weighted by Crippen LogP contribution is -2.51. The van der Waals surface area contributed by atoms with Crippen LogP contribution in [0.5, 0.6) is 5.75 Å². The summed E-state index contributed by atoms with van der Waals surface area (Å²) in [6.07, 6.45) is 2.96. The molecule has 0 amide bonds. The smallest absolute Gasteiger partial charge is 0.243 e. The number of hydrogen-bond acceptors (Lipinski definition) is 4. The highest BCUT2D eigenvalue weighted by Gasteiger charge is 2.45. The summed E-state index contributed by atoms with van der Waals surface area (Å²) in [5, 5.41) is 10.6. The van der Waals surface area contributed by atoms with E-state index in [4.69, 9.17) is 0 Å². The Kier molecular flexibility index (Phi) is 7.34. The number of fused-ring (bicyclic) bond motifs is 1. The second-order valence-corrected chi connectivity index (χ2v) is 18.8. The molecule has 1 aliphatic heterocycles. The fraction of sp³-hybridized carbons (Fsp3) is 0.500. The van der Waals surface area contributed by atoms with E-state index >= 15 is 0 Å². The van der Waals surface area contributed by atoms with Gasteiger partial charge in [-0.1, -0.05) is 41.5 Å². The van der Waals surface area contributed by atoms with E-state index in [9.17, 15) is 13.5 Å². The fourth-order valence-electron chi connectivity index (χ4n) is 6.75. The topological polar surface area (TPSA) is 65.8 Å². The molecule has 1 aliphatic rings. The van der Waals surface area contributed by atoms with Crippen molar-refractivity contribution < 1.29 is 13.5 Å². The van der Waals surface area contributed by atoms with E-state index in [1.807, 2.05) is 31.3 Å². The number of hydrogen-bond donors (Lipinski definition) is 1. The minimum absolute atomic E-state index is 0.0869. The lowest BCUT2D eigenvalue weighted by molar-refractivity contribution is 0.470. The van der Waals surface area contributed by atoms with Gasteiger partial charge in [-0.05, 0) is 77.8 Å². The van der Waals surface area contributed by atoms with Gasteiger partial charge >= 0.3 is 0 Å². The van der Waals surface area contributed by atoms with Gasteiger partial charge in [0.05, 0.1) is 4.90 Å². The van der Waals surface area contributed by atoms with Crippen LogP contribution >= 0.6 is 0 Å². The number of phenolic OH excluding ortho intramolecular Hbond substituents is 1. The van der Waals surface area contributed by atoms with E-state index < -0.39 is 18.3 Å². The van der Waals surface area contributed by atoms with Gasteiger partial charge in [0.2, 0.25) is 10.0 Å². The monoisotopic (exact) mass is 527 g/mol. The van der Waals surface area contributed by atoms with Gasteiger partial charge in [-0.2, -0.15) is 4.31 Å². The number of rotatable bonds is 8. The molecular weight excluding hydrogens is 486 g/mol. The molecule has 0 bridgehead atoms. The Morgan fingerprint density at radius 2 is 1.56 bits per heavy atom. The standard InChI is InChI=1S/C28H41N3O3SSi/c1-20(2)36(21(3)4,22(5)6)31-17-14-23-18-27(12-13-28(23)31)35(33,34)30-16-15-25(19-30)29(7)24-8-10-26(32)11-9-24/h8-14,17-18,20-22,25,32H,15-16,19H2,1-7H3/t25-/m0/s1. The number of sulfonamides is 1. The molecule has 8 heteroatoms. The Morgan fingerprint density at radius 1 is 0.944 bits per heavy atom. The third kappa shape index (κ3) is 4.37. The quantitative estimate of drug-likeness (QED) is 0.351. The maximum absolute atomic E-state index is 13.6. The summed E-state index contributed by atoms with van der Waals surface area (Å²) in [6.45, 7) is 15.0. The van der Waals surface area contributed by atoms with Crippen LogP contribution in [-0.4, -0.2) is 56.5 Å². The van der Waals surface area contributed by atoms with Crippen LogP contribution in [0.15, 0.2) is 59.6 Å². The fourth-order valence-corrected chi connectivity index (χ4v) is 14.9. The van der Waals surface area contributed by atoms with Gasteiger partial charge in [0, 0.05) is 42.8 Å². The maximum atomic E-state index is 13.6. The van der Waals surface area contributed by atoms with E-state index in [1.165, 1.54) is 0 Å². The minimum atomic E-state index is -3.59. The highest BCUT2D eigenvalue weighted by molar-refractivity contribution is 7.89. The number of benzene rings is 2. The van der Waals surface area contributed by atoms with Crippen molar-refractivity contribution in [2.75, 3.05) is 25.0 Å². The van der Waals surface area contributed by atoms with Crippen molar-refractivity contribution in [1.29, 1.82) is 0 Å². The predicted octanol–water partition coefficient (Wildman–Crippen LogP) is 6.27. The van der Waals surface area contributed by atoms with Crippen molar-refractivity contribution in [1.82, 2.24) is 8.54 Å². The first kappa shape index (κ1) is 26.8. The molecule has 0 spiro atoms. The van der Waals surface area contributed by atoms with Gasteiger partial charge < -0.3 is 14.2 Å². The van der Waals surface area contributed by atoms with E-state index in [0.717, 1.165) is 23.0 Å². The van der Waals surface area contributed by atoms with Crippen molar-refractivity contribution in [2.45, 2.75) is 75.5 Å². The largest absolute Gasteiger partial charge is 0.508 e. The van der Waals surface area contributed by atoms with Crippen LogP contribution in [-0.2, 0) is 10.0 Å². The van der Waals surface area contributed by atoms with Crippen LogP contribution in [0.25, 0.3) is 10.9 Å². The van der Waals surface area contributed by atoms with E-state index in [-0.39, 0.29) is 11.8 Å². The van der Waals surface area contributed by atoms with Gasteiger partial charge in [0.25, 0.3) is 0 Å². The number of phenols is 1. The molecule has 0 unspecified atom stereocenters. The first-order valence-corrected chi connectivity index (χ1v) is 16.7. The van der Waals surface area contributed by atoms with Crippen molar-refractivity contribution in [2.24, 2.45) is 0 Å². The van der Waals surface area contributed by atoms with Crippen molar-refractivity contribution in [3.8, 4) is 5.75 Å². The lowest BCUT2D eigenvalue weighted by Gasteiger charge is -2.44. The Morgan fingerprint density at radius 3 is 2.14 bits per heavy atom. The van der Waals surface area contributed by atoms with Crippen molar-refractivity contribution in [3.05, 3.63) is 54.7 Å². The summed E-state index contributed by atoms with van der Waals surface area (Å²) in [7, 11) is -3.54. The van der Waals surface area contributed by atoms with Gasteiger partial charge in [-0.25, -0.2) is 8.42 Å². The lowest BCUT2D eigenvalue weighted by atomic mass is 10.2. The van der Waals surface area contributed by atoms with Crippen LogP contribution in [0.3, 0.4) is 0 Å². The zero-order valence-electron chi connectivity index (χ0n) is 22.6. The number of anilines is 1. The van der Waals surface area contributed by atoms with Crippen molar-refractivity contribution in [3.63, 3.8) is 0 Å². The number of likely N-dealkylation sites (N-methyl/N-ethyl adjacent to an activating group) is 1. The van der Waals surface area contributed by atoms with Crippen LogP contribution in [0, 0.1) is 0 Å². The number of aromatic hydroxyl groups is 1. The van der Waals surface area contributed by atoms with E-state index in [0.29, 0.717) is 34.6 Å². The summed E-state index contributed by atoms with van der Waals surface area (Å²) in [5.41, 5.74) is 3.78. The molecule has 36 heavy (non-hydrogen) atoms. The molecule has 6 nitrogen and oxygen atoms in total. The third-order valence-electron chi connectivity index (χ3n) is 8.42. The Balaban J connectivity index is 1.62. The molecule has 1 atom stereocenters. The summed E-state index contributed by atoms with van der Waals surface area (Å²) in [4.78, 5) is 2.47. The van der Waals surface area contributed by atoms with E-state index in [2.05, 4.69) is 62.9 Å². The molecule has 2 aromatic carbocycles. The molecule has 0 saturated carbocycles. The van der Waals surface area contributed by atoms with Crippen LogP contribution < -0.4 is 4.90 Å². The number of aromatic nitrogens is 1.